The van der Waals surface area contributed by atoms with Crippen LogP contribution in [0.2, 0.25) is 0 Å². The lowest BCUT2D eigenvalue weighted by molar-refractivity contribution is 0.627. The highest BCUT2D eigenvalue weighted by atomic mass is 19.1. The fourth-order valence-electron chi connectivity index (χ4n) is 1.15. The normalized spacial score (nSPS) is 10.1. The van der Waals surface area contributed by atoms with Gasteiger partial charge in [-0.1, -0.05) is 5.10 Å². The zero-order valence-corrected chi connectivity index (χ0v) is 7.45. The molecule has 1 aromatic carbocycles. The van der Waals surface area contributed by atoms with Gasteiger partial charge in [-0.05, 0) is 35.9 Å². The molecule has 0 saturated heterocycles. The molecule has 2 rings (SSSR count). The second-order valence-corrected chi connectivity index (χ2v) is 2.88. The third-order valence-electron chi connectivity index (χ3n) is 1.64. The van der Waals surface area contributed by atoms with Crippen molar-refractivity contribution in [3.63, 3.8) is 0 Å². The van der Waals surface area contributed by atoms with Gasteiger partial charge in [-0.3, -0.25) is 0 Å². The number of rotatable bonds is 2. The van der Waals surface area contributed by atoms with E-state index >= 15 is 0 Å². The molecule has 0 spiro atoms. The number of anilines is 2. The molecule has 0 saturated carbocycles. The average Bonchev–Trinajstić information content (AvgIpc) is 2.54. The maximum Gasteiger partial charge on any atom is 0.267 e. The number of nitrogens with zero attached hydrogens (tertiary/aromatic N) is 3. The van der Waals surface area contributed by atoms with E-state index in [2.05, 4.69) is 25.9 Å². The van der Waals surface area contributed by atoms with Crippen molar-refractivity contribution >= 4 is 11.6 Å². The molecule has 0 bridgehead atoms. The second kappa shape index (κ2) is 3.41. The number of hydrogen-bond donors (Lipinski definition) is 2. The number of benzene rings is 1. The predicted octanol–water partition coefficient (Wildman–Crippen LogP) is 1.39. The second-order valence-electron chi connectivity index (χ2n) is 2.88. The van der Waals surface area contributed by atoms with Gasteiger partial charge in [-0.15, -0.1) is 5.10 Å². The summed E-state index contributed by atoms with van der Waals surface area (Å²) in [4.78, 5) is 0. The summed E-state index contributed by atoms with van der Waals surface area (Å²) in [5.74, 6) is 0.0194. The quantitative estimate of drug-likeness (QED) is 0.756. The standard InChI is InChI=1S/C8H8FN5/c1-5-2-6(9)4-7(3-5)10-8-11-13-14-12-8/h2-4H,1H3,(H2,10,11,12,13,14). The van der Waals surface area contributed by atoms with Gasteiger partial charge in [-0.2, -0.15) is 5.21 Å². The zero-order valence-electron chi connectivity index (χ0n) is 7.45. The number of aromatic nitrogens is 4. The van der Waals surface area contributed by atoms with Crippen molar-refractivity contribution in [1.82, 2.24) is 20.6 Å². The van der Waals surface area contributed by atoms with E-state index in [0.29, 0.717) is 11.6 Å². The highest BCUT2D eigenvalue weighted by Crippen LogP contribution is 2.15. The van der Waals surface area contributed by atoms with Gasteiger partial charge in [0.1, 0.15) is 5.82 Å². The zero-order chi connectivity index (χ0) is 9.97. The molecule has 72 valence electrons. The van der Waals surface area contributed by atoms with Crippen LogP contribution in [0, 0.1) is 12.7 Å². The Bertz CT molecular complexity index is 405. The molecule has 6 heteroatoms. The number of hydrogen-bond acceptors (Lipinski definition) is 4. The highest BCUT2D eigenvalue weighted by Gasteiger charge is 2.00. The first-order valence-electron chi connectivity index (χ1n) is 4.02. The third-order valence-corrected chi connectivity index (χ3v) is 1.64. The van der Waals surface area contributed by atoms with E-state index in [1.807, 2.05) is 6.92 Å². The summed E-state index contributed by atoms with van der Waals surface area (Å²) in [6, 6.07) is 4.60. The topological polar surface area (TPSA) is 66.5 Å². The molecule has 0 amide bonds. The van der Waals surface area contributed by atoms with Gasteiger partial charge >= 0.3 is 0 Å². The van der Waals surface area contributed by atoms with E-state index in [1.165, 1.54) is 12.1 Å². The fraction of sp³-hybridized carbons (Fsp3) is 0.125. The Morgan fingerprint density at radius 2 is 2.21 bits per heavy atom. The van der Waals surface area contributed by atoms with Gasteiger partial charge < -0.3 is 5.32 Å². The summed E-state index contributed by atoms with van der Waals surface area (Å²) in [5.41, 5.74) is 1.43. The first-order valence-corrected chi connectivity index (χ1v) is 4.02. The van der Waals surface area contributed by atoms with Crippen molar-refractivity contribution in [2.75, 3.05) is 5.32 Å². The molecule has 1 heterocycles. The molecule has 0 unspecified atom stereocenters. The first-order chi connectivity index (χ1) is 6.74. The number of aromatic amines is 1. The van der Waals surface area contributed by atoms with Gasteiger partial charge in [0, 0.05) is 5.69 Å². The average molecular weight is 193 g/mol. The Balaban J connectivity index is 2.25. The summed E-state index contributed by atoms with van der Waals surface area (Å²) < 4.78 is 13.0. The summed E-state index contributed by atoms with van der Waals surface area (Å²) in [6.07, 6.45) is 0. The van der Waals surface area contributed by atoms with Crippen molar-refractivity contribution in [2.24, 2.45) is 0 Å². The number of tetrazole rings is 1. The number of nitrogens with one attached hydrogen (secondary N) is 2. The van der Waals surface area contributed by atoms with Crippen molar-refractivity contribution < 1.29 is 4.39 Å². The molecule has 0 aliphatic rings. The molecule has 2 N–H and O–H groups in total. The van der Waals surface area contributed by atoms with E-state index in [1.54, 1.807) is 6.07 Å². The van der Waals surface area contributed by atoms with Gasteiger partial charge in [-0.25, -0.2) is 4.39 Å². The maximum absolute atomic E-state index is 13.0. The Morgan fingerprint density at radius 1 is 1.36 bits per heavy atom. The number of H-pyrrole nitrogens is 1. The summed E-state index contributed by atoms with van der Waals surface area (Å²) >= 11 is 0. The lowest BCUT2D eigenvalue weighted by Crippen LogP contribution is -1.94. The third kappa shape index (κ3) is 1.85. The SMILES string of the molecule is Cc1cc(F)cc(Nc2nn[nH]n2)c1. The number of halogens is 1. The molecule has 0 atom stereocenters. The van der Waals surface area contributed by atoms with Gasteiger partial charge in [0.25, 0.3) is 5.95 Å². The summed E-state index contributed by atoms with van der Waals surface area (Å²) in [5, 5.41) is 15.9. The van der Waals surface area contributed by atoms with Gasteiger partial charge in [0.15, 0.2) is 0 Å². The first kappa shape index (κ1) is 8.61. The molecule has 0 aliphatic carbocycles. The Hall–Kier alpha value is -1.98. The summed E-state index contributed by atoms with van der Waals surface area (Å²) in [6.45, 7) is 1.81. The molecule has 0 fully saturated rings. The Morgan fingerprint density at radius 3 is 2.86 bits per heavy atom. The molecular weight excluding hydrogens is 185 g/mol. The van der Waals surface area contributed by atoms with Crippen LogP contribution in [0.5, 0.6) is 0 Å². The smallest absolute Gasteiger partial charge is 0.267 e. The molecule has 1 aromatic heterocycles. The van der Waals surface area contributed by atoms with E-state index in [4.69, 9.17) is 0 Å². The Kier molecular flexibility index (Phi) is 2.10. The number of aryl methyl sites for hydroxylation is 1. The molecule has 5 nitrogen and oxygen atoms in total. The van der Waals surface area contributed by atoms with Crippen LogP contribution in [0.4, 0.5) is 16.0 Å². The minimum absolute atomic E-state index is 0.295. The van der Waals surface area contributed by atoms with E-state index in [0.717, 1.165) is 5.56 Å². The van der Waals surface area contributed by atoms with E-state index in [-0.39, 0.29) is 5.82 Å². The van der Waals surface area contributed by atoms with Crippen molar-refractivity contribution in [3.05, 3.63) is 29.6 Å². The van der Waals surface area contributed by atoms with Crippen LogP contribution in [0.3, 0.4) is 0 Å². The van der Waals surface area contributed by atoms with E-state index < -0.39 is 0 Å². The van der Waals surface area contributed by atoms with Crippen LogP contribution in [0.1, 0.15) is 5.56 Å². The minimum Gasteiger partial charge on any atom is -0.321 e. The van der Waals surface area contributed by atoms with Crippen molar-refractivity contribution in [1.29, 1.82) is 0 Å². The minimum atomic E-state index is -0.295. The van der Waals surface area contributed by atoms with Crippen molar-refractivity contribution in [2.45, 2.75) is 6.92 Å². The monoisotopic (exact) mass is 193 g/mol. The van der Waals surface area contributed by atoms with Crippen LogP contribution in [-0.4, -0.2) is 20.6 Å². The highest BCUT2D eigenvalue weighted by molar-refractivity contribution is 5.53. The molecule has 14 heavy (non-hydrogen) atoms. The van der Waals surface area contributed by atoms with Crippen LogP contribution in [0.15, 0.2) is 18.2 Å². The van der Waals surface area contributed by atoms with E-state index in [9.17, 15) is 4.39 Å². The van der Waals surface area contributed by atoms with Crippen LogP contribution in [-0.2, 0) is 0 Å². The lowest BCUT2D eigenvalue weighted by atomic mass is 10.2. The van der Waals surface area contributed by atoms with Gasteiger partial charge in [0.05, 0.1) is 0 Å². The van der Waals surface area contributed by atoms with Crippen LogP contribution >= 0.6 is 0 Å². The van der Waals surface area contributed by atoms with Gasteiger partial charge in [0.2, 0.25) is 0 Å². The van der Waals surface area contributed by atoms with Crippen molar-refractivity contribution in [3.8, 4) is 0 Å². The lowest BCUT2D eigenvalue weighted by Gasteiger charge is -2.02. The van der Waals surface area contributed by atoms with Crippen LogP contribution < -0.4 is 5.32 Å². The molecule has 2 aromatic rings. The molecule has 0 aliphatic heterocycles. The maximum atomic E-state index is 13.0. The predicted molar refractivity (Wildman–Crippen MR) is 48.6 cm³/mol. The van der Waals surface area contributed by atoms with Crippen LogP contribution in [0.25, 0.3) is 0 Å². The Labute approximate surface area is 79.3 Å². The fourth-order valence-corrected chi connectivity index (χ4v) is 1.15. The molecule has 0 radical (unpaired) electrons. The summed E-state index contributed by atoms with van der Waals surface area (Å²) in [7, 11) is 0. The largest absolute Gasteiger partial charge is 0.321 e. The molecular formula is C8H8FN5.